The van der Waals surface area contributed by atoms with Gasteiger partial charge in [0, 0.05) is 32.8 Å². The number of pyridine rings is 1. The van der Waals surface area contributed by atoms with E-state index >= 15 is 0 Å². The summed E-state index contributed by atoms with van der Waals surface area (Å²) in [4.78, 5) is 28.7. The number of carboxylic acid groups (broad SMARTS) is 1. The number of carboxylic acids is 1. The molecule has 0 radical (unpaired) electrons. The van der Waals surface area contributed by atoms with Crippen LogP contribution in [-0.2, 0) is 11.3 Å². The number of amides is 1. The summed E-state index contributed by atoms with van der Waals surface area (Å²) in [6.07, 6.45) is 3.12. The van der Waals surface area contributed by atoms with Crippen molar-refractivity contribution in [3.63, 3.8) is 0 Å². The van der Waals surface area contributed by atoms with E-state index in [2.05, 4.69) is 10.1 Å². The van der Waals surface area contributed by atoms with Crippen LogP contribution in [0.25, 0.3) is 11.0 Å². The molecule has 1 aliphatic heterocycles. The van der Waals surface area contributed by atoms with Crippen molar-refractivity contribution in [2.75, 3.05) is 13.1 Å². The molecule has 2 aromatic rings. The number of hydrogen-bond acceptors (Lipinski definition) is 4. The molecule has 0 saturated carbocycles. The predicted molar refractivity (Wildman–Crippen MR) is 89.2 cm³/mol. The quantitative estimate of drug-likeness (QED) is 0.917. The summed E-state index contributed by atoms with van der Waals surface area (Å²) in [5, 5.41) is 14.4. The van der Waals surface area contributed by atoms with Crippen LogP contribution in [0.3, 0.4) is 0 Å². The Kier molecular flexibility index (Phi) is 4.45. The summed E-state index contributed by atoms with van der Waals surface area (Å²) >= 11 is 6.23. The maximum atomic E-state index is 11.4. The minimum Gasteiger partial charge on any atom is -0.478 e. The zero-order chi connectivity index (χ0) is 17.4. The molecule has 3 heterocycles. The zero-order valence-electron chi connectivity index (χ0n) is 13.6. The average Bonchev–Trinajstić information content (AvgIpc) is 2.84. The summed E-state index contributed by atoms with van der Waals surface area (Å²) in [6, 6.07) is 0. The van der Waals surface area contributed by atoms with Gasteiger partial charge in [-0.3, -0.25) is 4.79 Å². The molecule has 1 amide bonds. The number of aromatic carboxylic acids is 1. The largest absolute Gasteiger partial charge is 0.478 e. The lowest BCUT2D eigenvalue weighted by atomic mass is 9.97. The van der Waals surface area contributed by atoms with E-state index in [1.165, 1.54) is 6.20 Å². The average molecular weight is 351 g/mol. The van der Waals surface area contributed by atoms with Crippen LogP contribution in [0, 0.1) is 12.8 Å². The lowest BCUT2D eigenvalue weighted by Gasteiger charge is -2.31. The monoisotopic (exact) mass is 350 g/mol. The first-order valence-corrected chi connectivity index (χ1v) is 8.26. The van der Waals surface area contributed by atoms with Gasteiger partial charge in [0.05, 0.1) is 21.7 Å². The van der Waals surface area contributed by atoms with Gasteiger partial charge in [0.1, 0.15) is 0 Å². The third kappa shape index (κ3) is 2.96. The molecule has 1 aliphatic rings. The van der Waals surface area contributed by atoms with Crippen molar-refractivity contribution in [2.45, 2.75) is 33.2 Å². The third-order valence-electron chi connectivity index (χ3n) is 4.59. The standard InChI is InChI=1S/C16H19ClN4O3/c1-9-13-14(17)12(16(23)24)7-18-15(13)21(19-9)8-11-3-5-20(6-4-11)10(2)22/h7,11H,3-6,8H2,1-2H3,(H,23,24). The Bertz CT molecular complexity index is 809. The van der Waals surface area contributed by atoms with Crippen molar-refractivity contribution >= 4 is 34.5 Å². The number of rotatable bonds is 3. The number of carbonyl (C=O) groups is 2. The van der Waals surface area contributed by atoms with E-state index in [9.17, 15) is 9.59 Å². The molecule has 1 saturated heterocycles. The van der Waals surface area contributed by atoms with Crippen molar-refractivity contribution in [3.8, 4) is 0 Å². The fourth-order valence-electron chi connectivity index (χ4n) is 3.23. The van der Waals surface area contributed by atoms with Crippen molar-refractivity contribution in [3.05, 3.63) is 22.5 Å². The van der Waals surface area contributed by atoms with Crippen LogP contribution in [0.15, 0.2) is 6.20 Å². The van der Waals surface area contributed by atoms with Crippen molar-refractivity contribution < 1.29 is 14.7 Å². The fourth-order valence-corrected chi connectivity index (χ4v) is 3.58. The Balaban J connectivity index is 1.85. The van der Waals surface area contributed by atoms with E-state index in [-0.39, 0.29) is 16.5 Å². The molecular weight excluding hydrogens is 332 g/mol. The Morgan fingerprint density at radius 1 is 1.38 bits per heavy atom. The highest BCUT2D eigenvalue weighted by atomic mass is 35.5. The second-order valence-electron chi connectivity index (χ2n) is 6.21. The van der Waals surface area contributed by atoms with Gasteiger partial charge in [-0.25, -0.2) is 14.5 Å². The minimum atomic E-state index is -1.10. The van der Waals surface area contributed by atoms with Gasteiger partial charge in [-0.05, 0) is 25.7 Å². The molecule has 1 fully saturated rings. The van der Waals surface area contributed by atoms with Crippen LogP contribution in [-0.4, -0.2) is 49.7 Å². The smallest absolute Gasteiger partial charge is 0.338 e. The number of fused-ring (bicyclic) bond motifs is 1. The van der Waals surface area contributed by atoms with E-state index in [1.54, 1.807) is 18.5 Å². The number of nitrogens with zero attached hydrogens (tertiary/aromatic N) is 4. The van der Waals surface area contributed by atoms with Crippen molar-refractivity contribution in [1.82, 2.24) is 19.7 Å². The molecule has 1 N–H and O–H groups in total. The highest BCUT2D eigenvalue weighted by Gasteiger charge is 2.24. The zero-order valence-corrected chi connectivity index (χ0v) is 14.4. The second kappa shape index (κ2) is 6.39. The minimum absolute atomic E-state index is 0.0124. The van der Waals surface area contributed by atoms with Crippen LogP contribution in [0.5, 0.6) is 0 Å². The summed E-state index contributed by atoms with van der Waals surface area (Å²) in [5.74, 6) is -0.579. The molecule has 24 heavy (non-hydrogen) atoms. The van der Waals surface area contributed by atoms with Crippen LogP contribution < -0.4 is 0 Å². The first-order valence-electron chi connectivity index (χ1n) is 7.89. The summed E-state index contributed by atoms with van der Waals surface area (Å²) in [7, 11) is 0. The van der Waals surface area contributed by atoms with Gasteiger partial charge in [0.2, 0.25) is 5.91 Å². The predicted octanol–water partition coefficient (Wildman–Crippen LogP) is 2.35. The molecule has 0 atom stereocenters. The number of aromatic nitrogens is 3. The second-order valence-corrected chi connectivity index (χ2v) is 6.58. The summed E-state index contributed by atoms with van der Waals surface area (Å²) < 4.78 is 1.80. The van der Waals surface area contributed by atoms with E-state index in [1.807, 2.05) is 4.90 Å². The molecule has 0 unspecified atom stereocenters. The molecule has 2 aromatic heterocycles. The number of aryl methyl sites for hydroxylation is 1. The maximum absolute atomic E-state index is 11.4. The van der Waals surface area contributed by atoms with E-state index in [4.69, 9.17) is 16.7 Å². The van der Waals surface area contributed by atoms with Crippen LogP contribution in [0.1, 0.15) is 35.8 Å². The topological polar surface area (TPSA) is 88.3 Å². The molecule has 0 spiro atoms. The van der Waals surface area contributed by atoms with Crippen LogP contribution in [0.2, 0.25) is 5.02 Å². The maximum Gasteiger partial charge on any atom is 0.338 e. The Hall–Kier alpha value is -2.15. The molecule has 128 valence electrons. The highest BCUT2D eigenvalue weighted by Crippen LogP contribution is 2.29. The first kappa shape index (κ1) is 16.7. The van der Waals surface area contributed by atoms with E-state index in [0.29, 0.717) is 29.2 Å². The van der Waals surface area contributed by atoms with Gasteiger partial charge in [-0.2, -0.15) is 5.10 Å². The number of hydrogen-bond donors (Lipinski definition) is 1. The Morgan fingerprint density at radius 2 is 2.04 bits per heavy atom. The molecule has 0 bridgehead atoms. The van der Waals surface area contributed by atoms with Crippen molar-refractivity contribution in [2.24, 2.45) is 5.92 Å². The molecule has 8 heteroatoms. The molecule has 7 nitrogen and oxygen atoms in total. The third-order valence-corrected chi connectivity index (χ3v) is 4.99. The lowest BCUT2D eigenvalue weighted by molar-refractivity contribution is -0.130. The molecule has 0 aliphatic carbocycles. The van der Waals surface area contributed by atoms with Gasteiger partial charge >= 0.3 is 5.97 Å². The highest BCUT2D eigenvalue weighted by molar-refractivity contribution is 6.38. The van der Waals surface area contributed by atoms with Gasteiger partial charge in [0.15, 0.2) is 5.65 Å². The van der Waals surface area contributed by atoms with E-state index in [0.717, 1.165) is 25.9 Å². The summed E-state index contributed by atoms with van der Waals surface area (Å²) in [6.45, 7) is 5.60. The molecule has 3 rings (SSSR count). The molecule has 0 aromatic carbocycles. The summed E-state index contributed by atoms with van der Waals surface area (Å²) in [5.41, 5.74) is 1.27. The van der Waals surface area contributed by atoms with Crippen LogP contribution in [0.4, 0.5) is 0 Å². The number of carbonyl (C=O) groups excluding carboxylic acids is 1. The van der Waals surface area contributed by atoms with Gasteiger partial charge in [-0.15, -0.1) is 0 Å². The SMILES string of the molecule is CC(=O)N1CCC(Cn2nc(C)c3c(Cl)c(C(=O)O)cnc32)CC1. The van der Waals surface area contributed by atoms with E-state index < -0.39 is 5.97 Å². The number of piperidine rings is 1. The number of likely N-dealkylation sites (tertiary alicyclic amines) is 1. The molecular formula is C16H19ClN4O3. The number of halogens is 1. The van der Waals surface area contributed by atoms with Gasteiger partial charge < -0.3 is 10.0 Å². The van der Waals surface area contributed by atoms with Crippen LogP contribution >= 0.6 is 11.6 Å². The first-order chi connectivity index (χ1) is 11.4. The van der Waals surface area contributed by atoms with Gasteiger partial charge in [-0.1, -0.05) is 11.6 Å². The van der Waals surface area contributed by atoms with Gasteiger partial charge in [0.25, 0.3) is 0 Å². The van der Waals surface area contributed by atoms with Crippen molar-refractivity contribution in [1.29, 1.82) is 0 Å². The lowest BCUT2D eigenvalue weighted by Crippen LogP contribution is -2.38. The normalized spacial score (nSPS) is 15.9. The Labute approximate surface area is 144 Å². The fraction of sp³-hybridized carbons (Fsp3) is 0.500. The Morgan fingerprint density at radius 3 is 2.62 bits per heavy atom.